The number of hydrogen-bond acceptors (Lipinski definition) is 10. The molecule has 2 aromatic rings. The topological polar surface area (TPSA) is 157 Å². The summed E-state index contributed by atoms with van der Waals surface area (Å²) in [5, 5.41) is 25.4. The van der Waals surface area contributed by atoms with E-state index in [0.717, 1.165) is 46.6 Å². The lowest BCUT2D eigenvalue weighted by molar-refractivity contribution is -0.140. The lowest BCUT2D eigenvalue weighted by Crippen LogP contribution is -2.03. The van der Waals surface area contributed by atoms with Gasteiger partial charge in [-0.1, -0.05) is 48.5 Å². The van der Waals surface area contributed by atoms with Crippen LogP contribution in [0, 0.1) is 0 Å². The minimum absolute atomic E-state index is 0.0259. The minimum atomic E-state index is -0.694. The normalized spacial score (nSPS) is 10.0. The average molecular weight is 537 g/mol. The second-order valence-corrected chi connectivity index (χ2v) is 7.10. The van der Waals surface area contributed by atoms with Crippen LogP contribution in [0.3, 0.4) is 0 Å². The lowest BCUT2D eigenvalue weighted by atomic mass is 10.1. The van der Waals surface area contributed by atoms with Gasteiger partial charge < -0.3 is 29.5 Å². The van der Waals surface area contributed by atoms with E-state index in [1.807, 2.05) is 0 Å². The summed E-state index contributed by atoms with van der Waals surface area (Å²) in [6.07, 6.45) is 3.88. The molecule has 2 aromatic carbocycles. The van der Waals surface area contributed by atoms with Gasteiger partial charge in [0.2, 0.25) is 5.24 Å². The van der Waals surface area contributed by atoms with Gasteiger partial charge in [-0.3, -0.25) is 4.79 Å². The first kappa shape index (κ1) is 33.2. The standard InChI is InChI=1S/C13H14O5.C8H10O2.C5H5ClO3/c1-17-12(15)6-7-13(16)18-9-11-4-2-10(8-14)3-5-11;9-5-7-1-2-8(6-10)4-3-7;1-9-5(8)3-2-4(6)7/h2-7,14H,8-9H2,1H3;1-4,9-10H,5-6H2;2-3H,1H3/b7-6+;;3-2+. The van der Waals surface area contributed by atoms with Crippen LogP contribution in [0.25, 0.3) is 0 Å². The highest BCUT2D eigenvalue weighted by Crippen LogP contribution is 2.06. The highest BCUT2D eigenvalue weighted by Gasteiger charge is 2.01. The van der Waals surface area contributed by atoms with E-state index in [4.69, 9.17) is 31.7 Å². The summed E-state index contributed by atoms with van der Waals surface area (Å²) in [6, 6.07) is 14.2. The predicted octanol–water partition coefficient (Wildman–Crippen LogP) is 2.10. The predicted molar refractivity (Wildman–Crippen MR) is 134 cm³/mol. The zero-order valence-electron chi connectivity index (χ0n) is 20.3. The van der Waals surface area contributed by atoms with Crippen LogP contribution in [0.5, 0.6) is 0 Å². The monoisotopic (exact) mass is 536 g/mol. The summed E-state index contributed by atoms with van der Waals surface area (Å²) in [6.45, 7) is 0.204. The fourth-order valence-corrected chi connectivity index (χ4v) is 2.16. The van der Waals surface area contributed by atoms with Crippen molar-refractivity contribution in [2.45, 2.75) is 26.4 Å². The SMILES string of the molecule is COC(=O)/C=C/C(=O)Cl.COC(=O)/C=C/C(=O)OCc1ccc(CO)cc1.OCc1ccc(CO)cc1. The summed E-state index contributed by atoms with van der Waals surface area (Å²) in [5.41, 5.74) is 3.33. The van der Waals surface area contributed by atoms with E-state index >= 15 is 0 Å². The second-order valence-electron chi connectivity index (χ2n) is 6.73. The molecular weight excluding hydrogens is 508 g/mol. The number of aliphatic hydroxyl groups excluding tert-OH is 3. The van der Waals surface area contributed by atoms with Crippen molar-refractivity contribution in [2.24, 2.45) is 0 Å². The number of hydrogen-bond donors (Lipinski definition) is 3. The average Bonchev–Trinajstić information content (AvgIpc) is 2.94. The van der Waals surface area contributed by atoms with Crippen molar-refractivity contribution in [1.29, 1.82) is 0 Å². The van der Waals surface area contributed by atoms with Gasteiger partial charge in [0.15, 0.2) is 0 Å². The van der Waals surface area contributed by atoms with Gasteiger partial charge in [0, 0.05) is 24.3 Å². The molecule has 37 heavy (non-hydrogen) atoms. The van der Waals surface area contributed by atoms with Crippen molar-refractivity contribution in [3.05, 3.63) is 95.1 Å². The molecular formula is C26H29ClO10. The van der Waals surface area contributed by atoms with Crippen molar-refractivity contribution < 1.29 is 48.7 Å². The second kappa shape index (κ2) is 20.4. The molecule has 0 aromatic heterocycles. The van der Waals surface area contributed by atoms with Crippen LogP contribution < -0.4 is 0 Å². The van der Waals surface area contributed by atoms with E-state index < -0.39 is 23.2 Å². The molecule has 0 saturated heterocycles. The van der Waals surface area contributed by atoms with Crippen molar-refractivity contribution >= 4 is 34.8 Å². The number of rotatable bonds is 9. The van der Waals surface area contributed by atoms with Gasteiger partial charge in [-0.2, -0.15) is 0 Å². The van der Waals surface area contributed by atoms with Gasteiger partial charge in [0.05, 0.1) is 34.0 Å². The van der Waals surface area contributed by atoms with Crippen molar-refractivity contribution in [2.75, 3.05) is 14.2 Å². The van der Waals surface area contributed by atoms with Crippen LogP contribution in [0.2, 0.25) is 0 Å². The Bertz CT molecular complexity index is 1010. The molecule has 0 atom stereocenters. The fourth-order valence-electron chi connectivity index (χ4n) is 2.10. The van der Waals surface area contributed by atoms with E-state index in [2.05, 4.69) is 9.47 Å². The molecule has 0 saturated carbocycles. The van der Waals surface area contributed by atoms with Gasteiger partial charge in [-0.25, -0.2) is 14.4 Å². The van der Waals surface area contributed by atoms with E-state index in [1.165, 1.54) is 14.2 Å². The van der Waals surface area contributed by atoms with Crippen LogP contribution >= 0.6 is 11.6 Å². The number of esters is 3. The zero-order valence-corrected chi connectivity index (χ0v) is 21.1. The number of benzene rings is 2. The summed E-state index contributed by atoms with van der Waals surface area (Å²) >= 11 is 4.85. The number of aliphatic hydroxyl groups is 3. The van der Waals surface area contributed by atoms with Crippen molar-refractivity contribution in [1.82, 2.24) is 0 Å². The Kier molecular flexibility index (Phi) is 18.3. The maximum atomic E-state index is 11.2. The first-order chi connectivity index (χ1) is 17.7. The van der Waals surface area contributed by atoms with Crippen LogP contribution in [0.1, 0.15) is 22.3 Å². The number of carbonyl (C=O) groups is 4. The highest BCUT2D eigenvalue weighted by molar-refractivity contribution is 6.66. The molecule has 0 bridgehead atoms. The summed E-state index contributed by atoms with van der Waals surface area (Å²) in [4.78, 5) is 42.1. The Labute approximate surface area is 219 Å². The van der Waals surface area contributed by atoms with E-state index in [1.54, 1.807) is 48.5 Å². The third-order valence-corrected chi connectivity index (χ3v) is 4.21. The molecule has 10 nitrogen and oxygen atoms in total. The lowest BCUT2D eigenvalue weighted by Gasteiger charge is -2.03. The Morgan fingerprint density at radius 2 is 0.946 bits per heavy atom. The van der Waals surface area contributed by atoms with E-state index in [9.17, 15) is 19.2 Å². The molecule has 0 amide bonds. The van der Waals surface area contributed by atoms with Crippen molar-refractivity contribution in [3.63, 3.8) is 0 Å². The van der Waals surface area contributed by atoms with E-state index in [-0.39, 0.29) is 26.4 Å². The Balaban J connectivity index is 0.000000577. The number of carbonyl (C=O) groups excluding carboxylic acids is 4. The van der Waals surface area contributed by atoms with Gasteiger partial charge in [-0.05, 0) is 33.9 Å². The third-order valence-electron chi connectivity index (χ3n) is 4.08. The zero-order chi connectivity index (χ0) is 28.1. The molecule has 0 aliphatic carbocycles. The summed E-state index contributed by atoms with van der Waals surface area (Å²) in [5.74, 6) is -1.82. The van der Waals surface area contributed by atoms with E-state index in [0.29, 0.717) is 0 Å². The fraction of sp³-hybridized carbons (Fsp3) is 0.231. The van der Waals surface area contributed by atoms with Gasteiger partial charge >= 0.3 is 17.9 Å². The molecule has 0 aliphatic heterocycles. The van der Waals surface area contributed by atoms with Crippen LogP contribution in [0.15, 0.2) is 72.8 Å². The van der Waals surface area contributed by atoms with Gasteiger partial charge in [-0.15, -0.1) is 0 Å². The van der Waals surface area contributed by atoms with Gasteiger partial charge in [0.25, 0.3) is 0 Å². The smallest absolute Gasteiger partial charge is 0.331 e. The molecule has 0 spiro atoms. The summed E-state index contributed by atoms with van der Waals surface area (Å²) in [7, 11) is 2.44. The molecule has 0 unspecified atom stereocenters. The molecule has 0 heterocycles. The molecule has 3 N–H and O–H groups in total. The molecule has 0 aliphatic rings. The number of ether oxygens (including phenoxy) is 3. The number of allylic oxidation sites excluding steroid dienone is 1. The quantitative estimate of drug-likeness (QED) is 0.188. The molecule has 2 rings (SSSR count). The third kappa shape index (κ3) is 17.3. The maximum Gasteiger partial charge on any atom is 0.331 e. The first-order valence-corrected chi connectivity index (χ1v) is 10.9. The highest BCUT2D eigenvalue weighted by atomic mass is 35.5. The summed E-state index contributed by atoms with van der Waals surface area (Å²) < 4.78 is 13.4. The van der Waals surface area contributed by atoms with Crippen LogP contribution in [-0.2, 0) is 59.8 Å². The number of halogens is 1. The van der Waals surface area contributed by atoms with Crippen LogP contribution in [-0.4, -0.2) is 52.7 Å². The molecule has 0 radical (unpaired) electrons. The van der Waals surface area contributed by atoms with Crippen LogP contribution in [0.4, 0.5) is 0 Å². The Morgan fingerprint density at radius 3 is 1.27 bits per heavy atom. The minimum Gasteiger partial charge on any atom is -0.466 e. The number of methoxy groups -OCH3 is 2. The van der Waals surface area contributed by atoms with Gasteiger partial charge in [0.1, 0.15) is 6.61 Å². The maximum absolute atomic E-state index is 11.2. The Hall–Kier alpha value is -3.83. The first-order valence-electron chi connectivity index (χ1n) is 10.6. The molecule has 200 valence electrons. The Morgan fingerprint density at radius 1 is 0.622 bits per heavy atom. The largest absolute Gasteiger partial charge is 0.466 e. The molecule has 0 fully saturated rings. The van der Waals surface area contributed by atoms with Crippen molar-refractivity contribution in [3.8, 4) is 0 Å². The molecule has 11 heteroatoms.